The summed E-state index contributed by atoms with van der Waals surface area (Å²) < 4.78 is 0. The predicted octanol–water partition coefficient (Wildman–Crippen LogP) is 2.46. The number of amides is 2. The summed E-state index contributed by atoms with van der Waals surface area (Å²) in [5, 5.41) is 14.8. The smallest absolute Gasteiger partial charge is 0.318 e. The first-order chi connectivity index (χ1) is 9.61. The first-order valence-electron chi connectivity index (χ1n) is 7.22. The van der Waals surface area contributed by atoms with Crippen LogP contribution < -0.4 is 5.32 Å². The maximum atomic E-state index is 12.3. The van der Waals surface area contributed by atoms with E-state index in [4.69, 9.17) is 5.11 Å². The van der Waals surface area contributed by atoms with Crippen molar-refractivity contribution in [3.8, 4) is 0 Å². The predicted molar refractivity (Wildman–Crippen MR) is 79.8 cm³/mol. The van der Waals surface area contributed by atoms with E-state index in [0.29, 0.717) is 6.04 Å². The van der Waals surface area contributed by atoms with Crippen molar-refractivity contribution in [2.24, 2.45) is 0 Å². The maximum Gasteiger partial charge on any atom is 0.318 e. The Labute approximate surface area is 124 Å². The van der Waals surface area contributed by atoms with Crippen molar-refractivity contribution < 1.29 is 9.90 Å². The van der Waals surface area contributed by atoms with E-state index in [1.807, 2.05) is 24.1 Å². The van der Waals surface area contributed by atoms with Gasteiger partial charge in [-0.2, -0.15) is 0 Å². The molecule has 1 aliphatic carbocycles. The number of rotatable bonds is 7. The number of urea groups is 1. The number of aliphatic hydroxyl groups is 1. The molecule has 0 saturated heterocycles. The normalized spacial score (nSPS) is 15.9. The van der Waals surface area contributed by atoms with Crippen molar-refractivity contribution in [3.63, 3.8) is 0 Å². The number of aliphatic hydroxyl groups excluding tert-OH is 1. The first kappa shape index (κ1) is 15.3. The molecule has 0 bridgehead atoms. The molecule has 1 atom stereocenters. The van der Waals surface area contributed by atoms with E-state index in [2.05, 4.69) is 10.3 Å². The van der Waals surface area contributed by atoms with E-state index in [0.717, 1.165) is 42.9 Å². The minimum Gasteiger partial charge on any atom is -0.396 e. The lowest BCUT2D eigenvalue weighted by Gasteiger charge is -2.24. The lowest BCUT2D eigenvalue weighted by Crippen LogP contribution is -2.42. The summed E-state index contributed by atoms with van der Waals surface area (Å²) >= 11 is 1.58. The fourth-order valence-corrected chi connectivity index (χ4v) is 2.93. The number of nitrogens with one attached hydrogen (secondary N) is 1. The zero-order valence-corrected chi connectivity index (χ0v) is 12.9. The molecule has 112 valence electrons. The molecule has 20 heavy (non-hydrogen) atoms. The SMILES string of the molecule is Cc1csc(C(C)NC(=O)N(CCCCO)C2CC2)n1. The molecular weight excluding hydrogens is 274 g/mol. The molecule has 1 fully saturated rings. The lowest BCUT2D eigenvalue weighted by atomic mass is 10.3. The number of nitrogens with zero attached hydrogens (tertiary/aromatic N) is 2. The minimum atomic E-state index is -0.0553. The molecule has 0 aliphatic heterocycles. The topological polar surface area (TPSA) is 65.5 Å². The van der Waals surface area contributed by atoms with Crippen molar-refractivity contribution in [2.75, 3.05) is 13.2 Å². The molecule has 2 N–H and O–H groups in total. The Morgan fingerprint density at radius 1 is 1.60 bits per heavy atom. The quantitative estimate of drug-likeness (QED) is 0.760. The molecule has 1 aliphatic rings. The van der Waals surface area contributed by atoms with Gasteiger partial charge in [0.1, 0.15) is 5.01 Å². The van der Waals surface area contributed by atoms with Crippen LogP contribution in [0.5, 0.6) is 0 Å². The van der Waals surface area contributed by atoms with Gasteiger partial charge in [0.05, 0.1) is 6.04 Å². The largest absolute Gasteiger partial charge is 0.396 e. The summed E-state index contributed by atoms with van der Waals surface area (Å²) in [7, 11) is 0. The van der Waals surface area contributed by atoms with Crippen LogP contribution in [0.2, 0.25) is 0 Å². The fraction of sp³-hybridized carbons (Fsp3) is 0.714. The van der Waals surface area contributed by atoms with Crippen molar-refractivity contribution in [3.05, 3.63) is 16.1 Å². The Balaban J connectivity index is 1.87. The molecule has 2 rings (SSSR count). The van der Waals surface area contributed by atoms with Crippen molar-refractivity contribution >= 4 is 17.4 Å². The monoisotopic (exact) mass is 297 g/mol. The Bertz CT molecular complexity index is 445. The average Bonchev–Trinajstić information content (AvgIpc) is 3.15. The summed E-state index contributed by atoms with van der Waals surface area (Å²) in [6, 6.07) is 0.324. The number of thiazole rings is 1. The minimum absolute atomic E-state index is 0.00853. The summed E-state index contributed by atoms with van der Waals surface area (Å²) in [6.07, 6.45) is 3.79. The second-order valence-electron chi connectivity index (χ2n) is 5.35. The zero-order chi connectivity index (χ0) is 14.5. The fourth-order valence-electron chi connectivity index (χ4n) is 2.13. The highest BCUT2D eigenvalue weighted by molar-refractivity contribution is 7.09. The summed E-state index contributed by atoms with van der Waals surface area (Å²) in [5.41, 5.74) is 0.994. The van der Waals surface area contributed by atoms with Gasteiger partial charge in [-0.1, -0.05) is 0 Å². The van der Waals surface area contributed by atoms with Gasteiger partial charge in [-0.05, 0) is 39.5 Å². The molecule has 5 nitrogen and oxygen atoms in total. The summed E-state index contributed by atoms with van der Waals surface area (Å²) in [4.78, 5) is 18.7. The molecule has 1 unspecified atom stereocenters. The number of hydrogen-bond donors (Lipinski definition) is 2. The molecule has 1 aromatic rings. The van der Waals surface area contributed by atoms with Gasteiger partial charge in [0.25, 0.3) is 0 Å². The number of aromatic nitrogens is 1. The van der Waals surface area contributed by atoms with E-state index in [9.17, 15) is 4.79 Å². The molecule has 2 amide bonds. The van der Waals surface area contributed by atoms with Gasteiger partial charge >= 0.3 is 6.03 Å². The number of unbranched alkanes of at least 4 members (excludes halogenated alkanes) is 1. The zero-order valence-electron chi connectivity index (χ0n) is 12.1. The summed E-state index contributed by atoms with van der Waals surface area (Å²) in [6.45, 7) is 4.84. The standard InChI is InChI=1S/C14H23N3O2S/c1-10-9-20-13(15-10)11(2)16-14(19)17(12-5-6-12)7-3-4-8-18/h9,11-12,18H,3-8H2,1-2H3,(H,16,19). The average molecular weight is 297 g/mol. The highest BCUT2D eigenvalue weighted by atomic mass is 32.1. The van der Waals surface area contributed by atoms with Gasteiger partial charge in [0, 0.05) is 30.3 Å². The van der Waals surface area contributed by atoms with Crippen molar-refractivity contribution in [2.45, 2.75) is 51.6 Å². The lowest BCUT2D eigenvalue weighted by molar-refractivity contribution is 0.187. The van der Waals surface area contributed by atoms with Gasteiger partial charge in [0.2, 0.25) is 0 Å². The van der Waals surface area contributed by atoms with Crippen LogP contribution >= 0.6 is 11.3 Å². The van der Waals surface area contributed by atoms with E-state index in [1.165, 1.54) is 0 Å². The number of carbonyl (C=O) groups is 1. The second kappa shape index (κ2) is 7.04. The van der Waals surface area contributed by atoms with E-state index < -0.39 is 0 Å². The van der Waals surface area contributed by atoms with Crippen molar-refractivity contribution in [1.29, 1.82) is 0 Å². The number of carbonyl (C=O) groups excluding carboxylic acids is 1. The molecule has 0 spiro atoms. The van der Waals surface area contributed by atoms with Gasteiger partial charge in [0.15, 0.2) is 0 Å². The van der Waals surface area contributed by atoms with Crippen molar-refractivity contribution in [1.82, 2.24) is 15.2 Å². The Morgan fingerprint density at radius 3 is 2.90 bits per heavy atom. The molecule has 1 aromatic heterocycles. The Hall–Kier alpha value is -1.14. The van der Waals surface area contributed by atoms with Gasteiger partial charge in [-0.25, -0.2) is 9.78 Å². The van der Waals surface area contributed by atoms with Crippen LogP contribution in [0.15, 0.2) is 5.38 Å². The van der Waals surface area contributed by atoms with Crippen LogP contribution in [0.25, 0.3) is 0 Å². The number of hydrogen-bond acceptors (Lipinski definition) is 4. The van der Waals surface area contributed by atoms with Gasteiger partial charge in [-0.15, -0.1) is 11.3 Å². The highest BCUT2D eigenvalue weighted by Gasteiger charge is 2.32. The Morgan fingerprint density at radius 2 is 2.35 bits per heavy atom. The molecule has 1 heterocycles. The molecule has 0 aromatic carbocycles. The first-order valence-corrected chi connectivity index (χ1v) is 8.09. The van der Waals surface area contributed by atoms with Crippen LogP contribution in [0, 0.1) is 6.92 Å². The van der Waals surface area contributed by atoms with Gasteiger partial charge < -0.3 is 15.3 Å². The van der Waals surface area contributed by atoms with Crippen LogP contribution in [-0.2, 0) is 0 Å². The molecule has 6 heteroatoms. The van der Waals surface area contributed by atoms with E-state index in [-0.39, 0.29) is 18.7 Å². The van der Waals surface area contributed by atoms with Crippen LogP contribution in [0.1, 0.15) is 49.4 Å². The highest BCUT2D eigenvalue weighted by Crippen LogP contribution is 2.28. The third kappa shape index (κ3) is 4.18. The van der Waals surface area contributed by atoms with Crippen LogP contribution in [-0.4, -0.2) is 40.2 Å². The van der Waals surface area contributed by atoms with Crippen LogP contribution in [0.4, 0.5) is 4.79 Å². The second-order valence-corrected chi connectivity index (χ2v) is 6.24. The summed E-state index contributed by atoms with van der Waals surface area (Å²) in [5.74, 6) is 0. The van der Waals surface area contributed by atoms with E-state index >= 15 is 0 Å². The third-order valence-electron chi connectivity index (χ3n) is 3.40. The van der Waals surface area contributed by atoms with Crippen LogP contribution in [0.3, 0.4) is 0 Å². The molecular formula is C14H23N3O2S. The Kier molecular flexibility index (Phi) is 5.37. The molecule has 1 saturated carbocycles. The van der Waals surface area contributed by atoms with Gasteiger partial charge in [-0.3, -0.25) is 0 Å². The number of aryl methyl sites for hydroxylation is 1. The maximum absolute atomic E-state index is 12.3. The third-order valence-corrected chi connectivity index (χ3v) is 4.55. The van der Waals surface area contributed by atoms with E-state index in [1.54, 1.807) is 11.3 Å². The molecule has 0 radical (unpaired) electrons.